The van der Waals surface area contributed by atoms with Crippen molar-refractivity contribution in [2.45, 2.75) is 12.8 Å². The molecule has 4 heteroatoms. The van der Waals surface area contributed by atoms with Crippen molar-refractivity contribution in [1.82, 2.24) is 0 Å². The highest BCUT2D eigenvalue weighted by atomic mass is 14.7. The highest BCUT2D eigenvalue weighted by Crippen LogP contribution is 2.22. The van der Waals surface area contributed by atoms with E-state index in [-0.39, 0.29) is 11.4 Å². The minimum absolute atomic E-state index is 0.0695. The lowest BCUT2D eigenvalue weighted by Crippen LogP contribution is -2.33. The Balaban J connectivity index is 2.78. The van der Waals surface area contributed by atoms with E-state index in [0.717, 1.165) is 34.7 Å². The third-order valence-corrected chi connectivity index (χ3v) is 3.97. The first kappa shape index (κ1) is 13.4. The molecule has 0 saturated heterocycles. The van der Waals surface area contributed by atoms with Gasteiger partial charge in [-0.25, -0.2) is 20.2 Å². The molecule has 0 atom stereocenters. The maximum Gasteiger partial charge on any atom is 0.269 e. The standard InChI is InChI=1S/C18H8N4/c1-21-15(9-19)17-11-5-3-4-6-12(11)18(16(10-20)22-2)14-8-7-13(14)17/h3-6H,7-8H2/b17-15+,18-16+. The Morgan fingerprint density at radius 1 is 0.864 bits per heavy atom. The average molecular weight is 280 g/mol. The van der Waals surface area contributed by atoms with Gasteiger partial charge >= 0.3 is 0 Å². The Bertz CT molecular complexity index is 987. The summed E-state index contributed by atoms with van der Waals surface area (Å²) in [7, 11) is 0. The van der Waals surface area contributed by atoms with Crippen LogP contribution in [0.25, 0.3) is 31.9 Å². The molecule has 0 spiro atoms. The van der Waals surface area contributed by atoms with Crippen molar-refractivity contribution in [1.29, 1.82) is 10.5 Å². The molecule has 1 aliphatic rings. The molecule has 0 bridgehead atoms. The topological polar surface area (TPSA) is 56.3 Å². The van der Waals surface area contributed by atoms with Gasteiger partial charge in [0, 0.05) is 10.4 Å². The predicted octanol–water partition coefficient (Wildman–Crippen LogP) is 2.04. The quantitative estimate of drug-likeness (QED) is 0.693. The van der Waals surface area contributed by atoms with Crippen LogP contribution in [0, 0.1) is 35.8 Å². The second-order valence-corrected chi connectivity index (χ2v) is 4.90. The van der Waals surface area contributed by atoms with Gasteiger partial charge in [-0.2, -0.15) is 0 Å². The van der Waals surface area contributed by atoms with Crippen molar-refractivity contribution in [3.05, 3.63) is 68.7 Å². The van der Waals surface area contributed by atoms with E-state index in [4.69, 9.17) is 13.1 Å². The van der Waals surface area contributed by atoms with Crippen LogP contribution in [0.1, 0.15) is 11.1 Å². The van der Waals surface area contributed by atoms with Crippen molar-refractivity contribution in [2.75, 3.05) is 0 Å². The lowest BCUT2D eigenvalue weighted by Gasteiger charge is -2.23. The number of benzene rings is 2. The van der Waals surface area contributed by atoms with E-state index in [1.807, 2.05) is 36.4 Å². The lowest BCUT2D eigenvalue weighted by molar-refractivity contribution is 0.826. The zero-order chi connectivity index (χ0) is 15.7. The van der Waals surface area contributed by atoms with Gasteiger partial charge in [0.15, 0.2) is 0 Å². The first-order valence-electron chi connectivity index (χ1n) is 6.63. The second kappa shape index (κ2) is 5.06. The Kier molecular flexibility index (Phi) is 3.08. The van der Waals surface area contributed by atoms with E-state index in [2.05, 4.69) is 9.69 Å². The smallest absolute Gasteiger partial charge is 0.226 e. The molecule has 0 amide bonds. The molecule has 1 aliphatic carbocycles. The van der Waals surface area contributed by atoms with E-state index in [0.29, 0.717) is 10.4 Å². The predicted molar refractivity (Wildman–Crippen MR) is 81.9 cm³/mol. The molecule has 3 rings (SSSR count). The molecule has 2 aromatic carbocycles. The molecule has 100 valence electrons. The van der Waals surface area contributed by atoms with Crippen LogP contribution in [0.2, 0.25) is 0 Å². The summed E-state index contributed by atoms with van der Waals surface area (Å²) in [5.74, 6) is 0. The van der Waals surface area contributed by atoms with Crippen molar-refractivity contribution >= 4 is 22.2 Å². The highest BCUT2D eigenvalue weighted by Gasteiger charge is 2.22. The van der Waals surface area contributed by atoms with Crippen LogP contribution in [-0.4, -0.2) is 0 Å². The molecule has 0 aliphatic heterocycles. The first-order chi connectivity index (χ1) is 10.8. The monoisotopic (exact) mass is 280 g/mol. The van der Waals surface area contributed by atoms with E-state index in [1.165, 1.54) is 0 Å². The maximum atomic E-state index is 9.24. The Hall–Kier alpha value is -3.60. The summed E-state index contributed by atoms with van der Waals surface area (Å²) in [6.07, 6.45) is 1.53. The van der Waals surface area contributed by atoms with Crippen LogP contribution < -0.4 is 10.4 Å². The molecule has 0 saturated carbocycles. The van der Waals surface area contributed by atoms with Crippen LogP contribution in [-0.2, 0) is 12.8 Å². The van der Waals surface area contributed by atoms with Crippen LogP contribution in [0.5, 0.6) is 0 Å². The summed E-state index contributed by atoms with van der Waals surface area (Å²) in [5.41, 5.74) is 2.00. The van der Waals surface area contributed by atoms with E-state index in [9.17, 15) is 10.5 Å². The Morgan fingerprint density at radius 3 is 1.55 bits per heavy atom. The number of hydrogen-bond donors (Lipinski definition) is 0. The molecule has 0 radical (unpaired) electrons. The fourth-order valence-electron chi connectivity index (χ4n) is 2.99. The normalized spacial score (nSPS) is 14.4. The fraction of sp³-hybridized carbons (Fsp3) is 0.111. The first-order valence-corrected chi connectivity index (χ1v) is 6.63. The second-order valence-electron chi connectivity index (χ2n) is 4.90. The van der Waals surface area contributed by atoms with Crippen molar-refractivity contribution in [3.63, 3.8) is 0 Å². The summed E-state index contributed by atoms with van der Waals surface area (Å²) in [6.45, 7) is 14.5. The van der Waals surface area contributed by atoms with Crippen molar-refractivity contribution in [2.24, 2.45) is 0 Å². The third-order valence-electron chi connectivity index (χ3n) is 3.97. The van der Waals surface area contributed by atoms with Crippen molar-refractivity contribution < 1.29 is 0 Å². The minimum atomic E-state index is 0.0695. The lowest BCUT2D eigenvalue weighted by atomic mass is 9.81. The van der Waals surface area contributed by atoms with Gasteiger partial charge in [0.25, 0.3) is 11.4 Å². The zero-order valence-corrected chi connectivity index (χ0v) is 11.5. The molecule has 0 aromatic heterocycles. The summed E-state index contributed by atoms with van der Waals surface area (Å²) in [6, 6.07) is 11.3. The number of nitrogens with zero attached hydrogens (tertiary/aromatic N) is 4. The van der Waals surface area contributed by atoms with Crippen LogP contribution in [0.15, 0.2) is 24.3 Å². The van der Waals surface area contributed by atoms with Gasteiger partial charge in [-0.3, -0.25) is 0 Å². The number of rotatable bonds is 0. The SMILES string of the molecule is [C-]#[N+]/C(C#N)=c1/c2c(/c(=C(\C#N)[N+]#[C-])c3ccccc13)CC2. The molecule has 2 aromatic rings. The Labute approximate surface area is 127 Å². The average Bonchev–Trinajstić information content (AvgIpc) is 2.53. The van der Waals surface area contributed by atoms with Crippen LogP contribution in [0.4, 0.5) is 0 Å². The zero-order valence-electron chi connectivity index (χ0n) is 11.5. The van der Waals surface area contributed by atoms with Gasteiger partial charge in [0.2, 0.25) is 0 Å². The van der Waals surface area contributed by atoms with Gasteiger partial charge in [0.05, 0.1) is 25.3 Å². The number of nitriles is 2. The summed E-state index contributed by atoms with van der Waals surface area (Å²) in [5, 5.41) is 21.3. The summed E-state index contributed by atoms with van der Waals surface area (Å²) < 4.78 is 0. The van der Waals surface area contributed by atoms with E-state index in [1.54, 1.807) is 0 Å². The molecule has 4 nitrogen and oxygen atoms in total. The minimum Gasteiger partial charge on any atom is -0.226 e. The molecular formula is C18H8N4. The molecule has 0 unspecified atom stereocenters. The molecular weight excluding hydrogens is 272 g/mol. The van der Waals surface area contributed by atoms with E-state index >= 15 is 0 Å². The molecule has 0 N–H and O–H groups in total. The van der Waals surface area contributed by atoms with Gasteiger partial charge in [-0.05, 0) is 34.7 Å². The van der Waals surface area contributed by atoms with Crippen LogP contribution >= 0.6 is 0 Å². The van der Waals surface area contributed by atoms with E-state index < -0.39 is 0 Å². The van der Waals surface area contributed by atoms with Crippen molar-refractivity contribution in [3.8, 4) is 12.1 Å². The number of hydrogen-bond acceptors (Lipinski definition) is 2. The summed E-state index contributed by atoms with van der Waals surface area (Å²) in [4.78, 5) is 6.70. The summed E-state index contributed by atoms with van der Waals surface area (Å²) >= 11 is 0. The largest absolute Gasteiger partial charge is 0.269 e. The van der Waals surface area contributed by atoms with Gasteiger partial charge < -0.3 is 0 Å². The fourth-order valence-corrected chi connectivity index (χ4v) is 2.99. The third kappa shape index (κ3) is 1.66. The number of fused-ring (bicyclic) bond motifs is 2. The molecule has 22 heavy (non-hydrogen) atoms. The highest BCUT2D eigenvalue weighted by molar-refractivity contribution is 5.93. The van der Waals surface area contributed by atoms with Gasteiger partial charge in [-0.15, -0.1) is 0 Å². The van der Waals surface area contributed by atoms with Crippen LogP contribution in [0.3, 0.4) is 0 Å². The van der Waals surface area contributed by atoms with Gasteiger partial charge in [0.1, 0.15) is 0 Å². The van der Waals surface area contributed by atoms with Gasteiger partial charge in [-0.1, -0.05) is 24.3 Å². The molecule has 0 fully saturated rings. The molecule has 0 heterocycles. The Morgan fingerprint density at radius 2 is 1.27 bits per heavy atom. The maximum absolute atomic E-state index is 9.24.